The van der Waals surface area contributed by atoms with Crippen LogP contribution >= 0.6 is 0 Å². The maximum Gasteiger partial charge on any atom is 0.339 e. The Labute approximate surface area is 108 Å². The molecule has 1 rings (SSSR count). The van der Waals surface area contributed by atoms with Crippen LogP contribution in [0.2, 0.25) is 0 Å². The van der Waals surface area contributed by atoms with Crippen molar-refractivity contribution in [1.82, 2.24) is 0 Å². The first-order valence-corrected chi connectivity index (χ1v) is 6.23. The number of hydrogen-bond acceptors (Lipinski definition) is 3. The summed E-state index contributed by atoms with van der Waals surface area (Å²) in [4.78, 5) is 10.9. The number of ether oxygens (including phenoxy) is 2. The van der Waals surface area contributed by atoms with Gasteiger partial charge in [0.15, 0.2) is 0 Å². The highest BCUT2D eigenvalue weighted by atomic mass is 16.5. The summed E-state index contributed by atoms with van der Waals surface area (Å²) in [6.45, 7) is 2.81. The predicted octanol–water partition coefficient (Wildman–Crippen LogP) is 3.35. The molecule has 0 aromatic heterocycles. The van der Waals surface area contributed by atoms with Crippen LogP contribution < -0.4 is 9.47 Å². The van der Waals surface area contributed by atoms with Crippen molar-refractivity contribution in [2.75, 3.05) is 13.7 Å². The van der Waals surface area contributed by atoms with Crippen molar-refractivity contribution >= 4 is 5.97 Å². The van der Waals surface area contributed by atoms with Gasteiger partial charge in [0, 0.05) is 6.07 Å². The second-order valence-electron chi connectivity index (χ2n) is 4.08. The zero-order chi connectivity index (χ0) is 13.4. The monoisotopic (exact) mass is 252 g/mol. The van der Waals surface area contributed by atoms with Gasteiger partial charge in [0.1, 0.15) is 17.1 Å². The molecule has 1 aromatic carbocycles. The lowest BCUT2D eigenvalue weighted by molar-refractivity contribution is 0.0693. The molecule has 1 N–H and O–H groups in total. The number of hydrogen-bond donors (Lipinski definition) is 1. The van der Waals surface area contributed by atoms with Crippen molar-refractivity contribution in [1.29, 1.82) is 0 Å². The van der Waals surface area contributed by atoms with Gasteiger partial charge < -0.3 is 14.6 Å². The quantitative estimate of drug-likeness (QED) is 0.721. The minimum atomic E-state index is -0.999. The third-order valence-electron chi connectivity index (χ3n) is 2.67. The second-order valence-corrected chi connectivity index (χ2v) is 4.08. The molecule has 0 unspecified atom stereocenters. The molecule has 0 aliphatic rings. The van der Waals surface area contributed by atoms with E-state index in [1.54, 1.807) is 12.1 Å². The molecule has 4 heteroatoms. The SMILES string of the molecule is CCCCCCOc1ccc(C(=O)O)c(OC)c1. The molecule has 0 radical (unpaired) electrons. The Balaban J connectivity index is 2.54. The van der Waals surface area contributed by atoms with Crippen LogP contribution in [0.3, 0.4) is 0 Å². The van der Waals surface area contributed by atoms with Gasteiger partial charge >= 0.3 is 5.97 Å². The van der Waals surface area contributed by atoms with Crippen molar-refractivity contribution in [3.05, 3.63) is 23.8 Å². The molecule has 0 aliphatic heterocycles. The van der Waals surface area contributed by atoms with Gasteiger partial charge in [-0.15, -0.1) is 0 Å². The van der Waals surface area contributed by atoms with E-state index in [1.807, 2.05) is 0 Å². The van der Waals surface area contributed by atoms with Crippen molar-refractivity contribution in [2.45, 2.75) is 32.6 Å². The van der Waals surface area contributed by atoms with Gasteiger partial charge in [-0.3, -0.25) is 0 Å². The predicted molar refractivity (Wildman–Crippen MR) is 69.6 cm³/mol. The number of rotatable bonds is 8. The summed E-state index contributed by atoms with van der Waals surface area (Å²) in [5.74, 6) is -0.0248. The number of carboxylic acid groups (broad SMARTS) is 1. The Hall–Kier alpha value is -1.71. The molecule has 0 saturated carbocycles. The van der Waals surface area contributed by atoms with E-state index in [2.05, 4.69) is 6.92 Å². The maximum absolute atomic E-state index is 10.9. The molecule has 0 atom stereocenters. The van der Waals surface area contributed by atoms with Gasteiger partial charge in [-0.25, -0.2) is 4.79 Å². The zero-order valence-corrected chi connectivity index (χ0v) is 10.9. The van der Waals surface area contributed by atoms with E-state index >= 15 is 0 Å². The van der Waals surface area contributed by atoms with Gasteiger partial charge in [0.25, 0.3) is 0 Å². The fraction of sp³-hybridized carbons (Fsp3) is 0.500. The number of carbonyl (C=O) groups is 1. The molecule has 1 aromatic rings. The molecular weight excluding hydrogens is 232 g/mol. The summed E-state index contributed by atoms with van der Waals surface area (Å²) in [5, 5.41) is 8.94. The highest BCUT2D eigenvalue weighted by Gasteiger charge is 2.11. The lowest BCUT2D eigenvalue weighted by atomic mass is 10.2. The summed E-state index contributed by atoms with van der Waals surface area (Å²) >= 11 is 0. The Morgan fingerprint density at radius 1 is 1.28 bits per heavy atom. The maximum atomic E-state index is 10.9. The molecule has 0 bridgehead atoms. The molecule has 0 spiro atoms. The van der Waals surface area contributed by atoms with E-state index < -0.39 is 5.97 Å². The third-order valence-corrected chi connectivity index (χ3v) is 2.67. The van der Waals surface area contributed by atoms with Crippen LogP contribution in [-0.2, 0) is 0 Å². The minimum Gasteiger partial charge on any atom is -0.496 e. The van der Waals surface area contributed by atoms with E-state index in [0.717, 1.165) is 12.8 Å². The Bertz CT molecular complexity index is 387. The van der Waals surface area contributed by atoms with Crippen molar-refractivity contribution in [3.8, 4) is 11.5 Å². The zero-order valence-electron chi connectivity index (χ0n) is 10.9. The van der Waals surface area contributed by atoms with Crippen LogP contribution in [0.1, 0.15) is 43.0 Å². The molecular formula is C14H20O4. The van der Waals surface area contributed by atoms with E-state index in [-0.39, 0.29) is 5.56 Å². The number of aromatic carboxylic acids is 1. The summed E-state index contributed by atoms with van der Waals surface area (Å²) in [7, 11) is 1.45. The molecule has 0 saturated heterocycles. The number of carboxylic acids is 1. The van der Waals surface area contributed by atoms with Crippen molar-refractivity contribution in [3.63, 3.8) is 0 Å². The Kier molecular flexibility index (Phi) is 6.05. The van der Waals surface area contributed by atoms with Crippen LogP contribution in [-0.4, -0.2) is 24.8 Å². The summed E-state index contributed by atoms with van der Waals surface area (Å²) in [5.41, 5.74) is 0.149. The Morgan fingerprint density at radius 2 is 2.06 bits per heavy atom. The molecule has 0 heterocycles. The fourth-order valence-electron chi connectivity index (χ4n) is 1.66. The van der Waals surface area contributed by atoms with Gasteiger partial charge in [-0.1, -0.05) is 26.2 Å². The largest absolute Gasteiger partial charge is 0.496 e. The topological polar surface area (TPSA) is 55.8 Å². The first kappa shape index (κ1) is 14.4. The minimum absolute atomic E-state index is 0.149. The molecule has 4 nitrogen and oxygen atoms in total. The van der Waals surface area contributed by atoms with Crippen LogP contribution in [0, 0.1) is 0 Å². The van der Waals surface area contributed by atoms with E-state index in [0.29, 0.717) is 18.1 Å². The number of benzene rings is 1. The van der Waals surface area contributed by atoms with Crippen molar-refractivity contribution < 1.29 is 19.4 Å². The van der Waals surface area contributed by atoms with E-state index in [4.69, 9.17) is 14.6 Å². The Morgan fingerprint density at radius 3 is 2.67 bits per heavy atom. The summed E-state index contributed by atoms with van der Waals surface area (Å²) < 4.78 is 10.6. The van der Waals surface area contributed by atoms with Crippen molar-refractivity contribution in [2.24, 2.45) is 0 Å². The first-order valence-electron chi connectivity index (χ1n) is 6.23. The van der Waals surface area contributed by atoms with Crippen LogP contribution in [0.5, 0.6) is 11.5 Å². The van der Waals surface area contributed by atoms with Gasteiger partial charge in [0.2, 0.25) is 0 Å². The average Bonchev–Trinajstić information content (AvgIpc) is 2.38. The van der Waals surface area contributed by atoms with Crippen LogP contribution in [0.25, 0.3) is 0 Å². The van der Waals surface area contributed by atoms with E-state index in [1.165, 1.54) is 26.0 Å². The highest BCUT2D eigenvalue weighted by molar-refractivity contribution is 5.91. The van der Waals surface area contributed by atoms with Gasteiger partial charge in [-0.05, 0) is 18.6 Å². The average molecular weight is 252 g/mol. The normalized spacial score (nSPS) is 10.1. The highest BCUT2D eigenvalue weighted by Crippen LogP contribution is 2.24. The summed E-state index contributed by atoms with van der Waals surface area (Å²) in [6, 6.07) is 4.78. The van der Waals surface area contributed by atoms with Gasteiger partial charge in [0.05, 0.1) is 13.7 Å². The lowest BCUT2D eigenvalue weighted by Gasteiger charge is -2.09. The fourth-order valence-corrected chi connectivity index (χ4v) is 1.66. The van der Waals surface area contributed by atoms with Gasteiger partial charge in [-0.2, -0.15) is 0 Å². The number of unbranched alkanes of at least 4 members (excludes halogenated alkanes) is 3. The first-order chi connectivity index (χ1) is 8.69. The molecule has 0 fully saturated rings. The summed E-state index contributed by atoms with van der Waals surface area (Å²) in [6.07, 6.45) is 4.57. The van der Waals surface area contributed by atoms with Crippen LogP contribution in [0.4, 0.5) is 0 Å². The third kappa shape index (κ3) is 4.28. The standard InChI is InChI=1S/C14H20O4/c1-3-4-5-6-9-18-11-7-8-12(14(15)16)13(10-11)17-2/h7-8,10H,3-6,9H2,1-2H3,(H,15,16). The smallest absolute Gasteiger partial charge is 0.339 e. The number of methoxy groups -OCH3 is 1. The van der Waals surface area contributed by atoms with E-state index in [9.17, 15) is 4.79 Å². The molecule has 0 aliphatic carbocycles. The molecule has 18 heavy (non-hydrogen) atoms. The second kappa shape index (κ2) is 7.58. The van der Waals surface area contributed by atoms with Crippen LogP contribution in [0.15, 0.2) is 18.2 Å². The lowest BCUT2D eigenvalue weighted by Crippen LogP contribution is -2.02. The molecule has 0 amide bonds. The molecule has 100 valence electrons.